The van der Waals surface area contributed by atoms with Crippen molar-refractivity contribution in [1.82, 2.24) is 0 Å². The van der Waals surface area contributed by atoms with E-state index in [-0.39, 0.29) is 25.7 Å². The number of esters is 4. The number of allylic oxidation sites excluding steroid dienone is 20. The Morgan fingerprint density at radius 3 is 0.804 bits per heavy atom. The number of hydrogen-bond donors (Lipinski definition) is 3. The molecule has 0 aromatic carbocycles. The summed E-state index contributed by atoms with van der Waals surface area (Å²) in [5.74, 6) is -2.32. The lowest BCUT2D eigenvalue weighted by Gasteiger charge is -2.21. The molecule has 0 aliphatic carbocycles. The third kappa shape index (κ3) is 73.8. The summed E-state index contributed by atoms with van der Waals surface area (Å²) in [6.45, 7) is 4.67. The van der Waals surface area contributed by atoms with E-state index in [4.69, 9.17) is 37.0 Å². The quantitative estimate of drug-likeness (QED) is 0.0169. The molecule has 0 saturated heterocycles. The van der Waals surface area contributed by atoms with Crippen LogP contribution in [0.5, 0.6) is 0 Å². The molecule has 102 heavy (non-hydrogen) atoms. The van der Waals surface area contributed by atoms with Crippen LogP contribution in [0.4, 0.5) is 0 Å². The summed E-state index contributed by atoms with van der Waals surface area (Å²) in [5.41, 5.74) is 0. The monoisotopic (exact) mass is 1470 g/mol. The van der Waals surface area contributed by atoms with Crippen molar-refractivity contribution in [2.24, 2.45) is 0 Å². The molecule has 0 spiro atoms. The second kappa shape index (κ2) is 74.7. The van der Waals surface area contributed by atoms with E-state index < -0.39 is 97.5 Å². The highest BCUT2D eigenvalue weighted by Crippen LogP contribution is 2.45. The van der Waals surface area contributed by atoms with Crippen molar-refractivity contribution in [3.05, 3.63) is 122 Å². The molecule has 0 saturated carbocycles. The fraction of sp³-hybridized carbons (Fsp3) is 0.711. The molecule has 5 atom stereocenters. The van der Waals surface area contributed by atoms with E-state index in [2.05, 4.69) is 125 Å². The zero-order valence-corrected chi connectivity index (χ0v) is 65.8. The highest BCUT2D eigenvalue weighted by molar-refractivity contribution is 7.47. The highest BCUT2D eigenvalue weighted by Gasteiger charge is 2.30. The zero-order valence-electron chi connectivity index (χ0n) is 64.0. The predicted molar refractivity (Wildman–Crippen MR) is 418 cm³/mol. The van der Waals surface area contributed by atoms with Gasteiger partial charge in [0, 0.05) is 25.7 Å². The average molecular weight is 1470 g/mol. The van der Waals surface area contributed by atoms with E-state index in [1.165, 1.54) is 103 Å². The molecule has 0 heterocycles. The normalized spacial score (nSPS) is 14.5. The van der Waals surface area contributed by atoms with Gasteiger partial charge in [-0.3, -0.25) is 37.3 Å². The van der Waals surface area contributed by atoms with Crippen molar-refractivity contribution in [2.75, 3.05) is 39.6 Å². The Bertz CT molecular complexity index is 2410. The van der Waals surface area contributed by atoms with Crippen LogP contribution in [0.1, 0.15) is 323 Å². The maximum Gasteiger partial charge on any atom is 0.472 e. The molecule has 0 radical (unpaired) electrons. The van der Waals surface area contributed by atoms with Gasteiger partial charge in [-0.15, -0.1) is 0 Å². The molecular formula is C83H142O17P2. The first-order valence-electron chi connectivity index (χ1n) is 39.8. The number of unbranched alkanes of at least 4 members (excludes halogenated alkanes) is 28. The standard InChI is InChI=1S/C83H142O17P2/c1-5-9-13-17-21-25-29-33-36-38-41-44-47-51-55-59-63-67-80(85)93-73-78(99-82(87)69-65-61-57-53-49-43-32-28-24-20-16-12-8-4)75-97-101(89,90)95-71-77(84)72-96-102(91,92)98-76-79(100-83(88)70-66-62-58-54-50-46-40-35-31-27-23-19-15-11-7-3)74-94-81(86)68-64-60-56-52-48-45-42-39-37-34-30-26-22-18-14-10-6-2/h21-22,25-26,28,32-37,40-42,44-45,51-52,55-56,77-79,84H,5-20,23-24,27,29-31,38-39,43,46-50,53-54,57-76H2,1-4H3,(H,89,90)(H,91,92)/b25-21-,26-22-,32-28-,36-33-,37-34-,40-35-,44-41-,45-42-,55-51-,56-52-/t77-,78-,79-/m1/s1. The molecule has 0 bridgehead atoms. The summed E-state index contributed by atoms with van der Waals surface area (Å²) >= 11 is 0. The van der Waals surface area contributed by atoms with Gasteiger partial charge in [0.2, 0.25) is 0 Å². The number of carbonyl (C=O) groups is 4. The van der Waals surface area contributed by atoms with Crippen molar-refractivity contribution in [1.29, 1.82) is 0 Å². The van der Waals surface area contributed by atoms with Gasteiger partial charge in [0.25, 0.3) is 0 Å². The Morgan fingerprint density at radius 2 is 0.490 bits per heavy atom. The number of aliphatic hydroxyl groups is 1. The molecule has 19 heteroatoms. The van der Waals surface area contributed by atoms with Crippen LogP contribution in [0.25, 0.3) is 0 Å². The lowest BCUT2D eigenvalue weighted by Crippen LogP contribution is -2.30. The Hall–Kier alpha value is -4.54. The van der Waals surface area contributed by atoms with Gasteiger partial charge in [-0.25, -0.2) is 9.13 Å². The lowest BCUT2D eigenvalue weighted by atomic mass is 10.1. The maximum absolute atomic E-state index is 13.1. The number of hydrogen-bond acceptors (Lipinski definition) is 15. The molecule has 0 rings (SSSR count). The van der Waals surface area contributed by atoms with E-state index in [1.54, 1.807) is 0 Å². The Labute approximate surface area is 619 Å². The highest BCUT2D eigenvalue weighted by atomic mass is 31.2. The van der Waals surface area contributed by atoms with Crippen LogP contribution in [-0.4, -0.2) is 96.7 Å². The average Bonchev–Trinajstić information content (AvgIpc) is 0.908. The van der Waals surface area contributed by atoms with Crippen LogP contribution < -0.4 is 0 Å². The molecular weight excluding hydrogens is 1330 g/mol. The SMILES string of the molecule is CCCCC/C=C\C/C=C\C/C=C\C/C=C\CCCC(=O)OC[C@H](COP(=O)(O)OC[C@@H](O)COP(=O)(O)OC[C@@H](COC(=O)CCC/C=C\C/C=C\C/C=C\C/C=C\CCCCC)OC(=O)CCCCCCC/C=C\CCCCCCCC)OC(=O)CCCCCCC/C=C\CCCCCC. The van der Waals surface area contributed by atoms with Crippen LogP contribution >= 0.6 is 15.6 Å². The number of aliphatic hydroxyl groups excluding tert-OH is 1. The molecule has 0 aromatic heterocycles. The summed E-state index contributed by atoms with van der Waals surface area (Å²) < 4.78 is 68.4. The smallest absolute Gasteiger partial charge is 0.462 e. The molecule has 0 aliphatic rings. The number of carbonyl (C=O) groups excluding carboxylic acids is 4. The summed E-state index contributed by atoms with van der Waals surface area (Å²) in [6, 6.07) is 0. The van der Waals surface area contributed by atoms with Crippen LogP contribution in [-0.2, 0) is 65.4 Å². The third-order valence-corrected chi connectivity index (χ3v) is 18.3. The Kier molecular flexibility index (Phi) is 71.4. The lowest BCUT2D eigenvalue weighted by molar-refractivity contribution is -0.161. The largest absolute Gasteiger partial charge is 0.472 e. The fourth-order valence-electron chi connectivity index (χ4n) is 10.3. The van der Waals surface area contributed by atoms with Crippen molar-refractivity contribution in [2.45, 2.75) is 341 Å². The minimum absolute atomic E-state index is 0.0702. The molecule has 2 unspecified atom stereocenters. The number of rotatable bonds is 74. The first kappa shape index (κ1) is 97.5. The van der Waals surface area contributed by atoms with Gasteiger partial charge >= 0.3 is 39.5 Å². The van der Waals surface area contributed by atoms with E-state index >= 15 is 0 Å². The predicted octanol–water partition coefficient (Wildman–Crippen LogP) is 23.1. The van der Waals surface area contributed by atoms with Crippen molar-refractivity contribution >= 4 is 39.5 Å². The first-order valence-corrected chi connectivity index (χ1v) is 42.8. The third-order valence-electron chi connectivity index (χ3n) is 16.4. The molecule has 0 amide bonds. The summed E-state index contributed by atoms with van der Waals surface area (Å²) in [7, 11) is -9.99. The Balaban J connectivity index is 5.45. The van der Waals surface area contributed by atoms with Gasteiger partial charge in [-0.05, 0) is 154 Å². The van der Waals surface area contributed by atoms with Crippen molar-refractivity contribution in [3.8, 4) is 0 Å². The molecule has 0 aliphatic heterocycles. The molecule has 586 valence electrons. The molecule has 17 nitrogen and oxygen atoms in total. The minimum Gasteiger partial charge on any atom is -0.462 e. The van der Waals surface area contributed by atoms with Gasteiger partial charge in [-0.1, -0.05) is 265 Å². The second-order valence-electron chi connectivity index (χ2n) is 26.3. The summed E-state index contributed by atoms with van der Waals surface area (Å²) in [6.07, 6.45) is 81.9. The zero-order chi connectivity index (χ0) is 74.6. The minimum atomic E-state index is -5.00. The molecule has 3 N–H and O–H groups in total. The van der Waals surface area contributed by atoms with Crippen LogP contribution in [0.15, 0.2) is 122 Å². The molecule has 0 fully saturated rings. The van der Waals surface area contributed by atoms with Crippen LogP contribution in [0.3, 0.4) is 0 Å². The van der Waals surface area contributed by atoms with E-state index in [0.717, 1.165) is 128 Å². The fourth-order valence-corrected chi connectivity index (χ4v) is 11.8. The van der Waals surface area contributed by atoms with Crippen LogP contribution in [0, 0.1) is 0 Å². The van der Waals surface area contributed by atoms with Gasteiger partial charge in [0.1, 0.15) is 19.3 Å². The van der Waals surface area contributed by atoms with Crippen LogP contribution in [0.2, 0.25) is 0 Å². The number of ether oxygens (including phenoxy) is 4. The summed E-state index contributed by atoms with van der Waals surface area (Å²) in [4.78, 5) is 72.9. The number of phosphoric acid groups is 2. The summed E-state index contributed by atoms with van der Waals surface area (Å²) in [5, 5.41) is 10.6. The van der Waals surface area contributed by atoms with E-state index in [9.17, 15) is 43.2 Å². The van der Waals surface area contributed by atoms with Gasteiger partial charge < -0.3 is 33.8 Å². The maximum atomic E-state index is 13.1. The van der Waals surface area contributed by atoms with Crippen molar-refractivity contribution in [3.63, 3.8) is 0 Å². The van der Waals surface area contributed by atoms with E-state index in [0.29, 0.717) is 38.5 Å². The topological polar surface area (TPSA) is 237 Å². The Morgan fingerprint density at radius 1 is 0.275 bits per heavy atom. The van der Waals surface area contributed by atoms with Crippen molar-refractivity contribution < 1.29 is 80.2 Å². The van der Waals surface area contributed by atoms with Gasteiger partial charge in [0.15, 0.2) is 12.2 Å². The molecule has 0 aromatic rings. The number of phosphoric ester groups is 2. The van der Waals surface area contributed by atoms with Gasteiger partial charge in [-0.2, -0.15) is 0 Å². The van der Waals surface area contributed by atoms with E-state index in [1.807, 2.05) is 24.3 Å². The van der Waals surface area contributed by atoms with Gasteiger partial charge in [0.05, 0.1) is 26.4 Å². The second-order valence-corrected chi connectivity index (χ2v) is 29.2. The first-order chi connectivity index (χ1) is 49.7.